The van der Waals surface area contributed by atoms with E-state index in [1.165, 1.54) is 116 Å². The maximum atomic E-state index is 5.88. The molecule has 0 atom stereocenters. The number of ether oxygens (including phenoxy) is 10. The van der Waals surface area contributed by atoms with Crippen molar-refractivity contribution in [3.8, 4) is 11.5 Å². The highest BCUT2D eigenvalue weighted by molar-refractivity contribution is 5.37. The molecule has 0 aliphatic carbocycles. The average molecular weight is 813 g/mol. The van der Waals surface area contributed by atoms with Crippen molar-refractivity contribution in [1.29, 1.82) is 0 Å². The zero-order valence-corrected chi connectivity index (χ0v) is 37.2. The second-order valence-corrected chi connectivity index (χ2v) is 14.9. The largest absolute Gasteiger partial charge is 0.491 e. The minimum atomic E-state index is 0.451. The molecule has 1 aromatic carbocycles. The molecular formula is C47H88O10. The quantitative estimate of drug-likeness (QED) is 0.0592. The first-order valence-corrected chi connectivity index (χ1v) is 23.3. The molecule has 0 fully saturated rings. The van der Waals surface area contributed by atoms with Gasteiger partial charge in [0, 0.05) is 19.3 Å². The third kappa shape index (κ3) is 41.0. The molecule has 0 amide bonds. The Hall–Kier alpha value is -1.50. The molecule has 10 heteroatoms. The smallest absolute Gasteiger partial charge is 0.123 e. The maximum Gasteiger partial charge on any atom is 0.123 e. The fourth-order valence-corrected chi connectivity index (χ4v) is 6.22. The predicted octanol–water partition coefficient (Wildman–Crippen LogP) is 10.7. The van der Waals surface area contributed by atoms with Crippen LogP contribution in [0.25, 0.3) is 0 Å². The van der Waals surface area contributed by atoms with E-state index in [0.29, 0.717) is 106 Å². The molecule has 1 aromatic rings. The van der Waals surface area contributed by atoms with E-state index >= 15 is 0 Å². The van der Waals surface area contributed by atoms with Gasteiger partial charge in [0.1, 0.15) is 24.7 Å². The monoisotopic (exact) mass is 813 g/mol. The molecule has 0 aliphatic rings. The highest BCUT2D eigenvalue weighted by atomic mass is 16.6. The zero-order valence-electron chi connectivity index (χ0n) is 37.2. The van der Waals surface area contributed by atoms with Gasteiger partial charge in [-0.1, -0.05) is 129 Å². The predicted molar refractivity (Wildman–Crippen MR) is 232 cm³/mol. The van der Waals surface area contributed by atoms with E-state index in [4.69, 9.17) is 47.4 Å². The van der Waals surface area contributed by atoms with Crippen LogP contribution in [0, 0.1) is 6.92 Å². The first-order valence-electron chi connectivity index (χ1n) is 23.3. The van der Waals surface area contributed by atoms with Crippen molar-refractivity contribution in [2.24, 2.45) is 0 Å². The molecule has 0 spiro atoms. The van der Waals surface area contributed by atoms with E-state index in [-0.39, 0.29) is 0 Å². The van der Waals surface area contributed by atoms with Crippen LogP contribution in [-0.4, -0.2) is 119 Å². The van der Waals surface area contributed by atoms with Gasteiger partial charge in [-0.25, -0.2) is 0 Å². The van der Waals surface area contributed by atoms with Crippen LogP contribution in [0.5, 0.6) is 11.5 Å². The van der Waals surface area contributed by atoms with Crippen LogP contribution in [0.2, 0.25) is 0 Å². The van der Waals surface area contributed by atoms with Crippen LogP contribution < -0.4 is 9.47 Å². The van der Waals surface area contributed by atoms with E-state index in [9.17, 15) is 0 Å². The van der Waals surface area contributed by atoms with E-state index < -0.39 is 0 Å². The number of aryl methyl sites for hydroxylation is 1. The summed E-state index contributed by atoms with van der Waals surface area (Å²) in [7, 11) is 0. The van der Waals surface area contributed by atoms with Gasteiger partial charge < -0.3 is 47.4 Å². The summed E-state index contributed by atoms with van der Waals surface area (Å²) in [5.41, 5.74) is 1.07. The lowest BCUT2D eigenvalue weighted by atomic mass is 10.1. The molecule has 0 radical (unpaired) electrons. The van der Waals surface area contributed by atoms with Gasteiger partial charge >= 0.3 is 0 Å². The van der Waals surface area contributed by atoms with Crippen LogP contribution >= 0.6 is 0 Å². The summed E-state index contributed by atoms with van der Waals surface area (Å²) in [5.74, 6) is 1.51. The molecule has 0 saturated heterocycles. The third-order valence-electron chi connectivity index (χ3n) is 9.53. The Morgan fingerprint density at radius 3 is 0.772 bits per heavy atom. The van der Waals surface area contributed by atoms with Crippen LogP contribution in [-0.2, 0) is 37.9 Å². The Morgan fingerprint density at radius 1 is 0.263 bits per heavy atom. The van der Waals surface area contributed by atoms with Gasteiger partial charge in [0.15, 0.2) is 0 Å². The van der Waals surface area contributed by atoms with Crippen LogP contribution in [0.4, 0.5) is 0 Å². The summed E-state index contributed by atoms with van der Waals surface area (Å²) in [5, 5.41) is 0. The number of benzene rings is 1. The molecule has 336 valence electrons. The minimum Gasteiger partial charge on any atom is -0.491 e. The Kier molecular flexibility index (Phi) is 42.8. The van der Waals surface area contributed by atoms with Crippen molar-refractivity contribution in [3.63, 3.8) is 0 Å². The number of hydrogen-bond donors (Lipinski definition) is 0. The lowest BCUT2D eigenvalue weighted by Gasteiger charge is -2.12. The second kappa shape index (κ2) is 45.6. The molecule has 0 aliphatic heterocycles. The van der Waals surface area contributed by atoms with Crippen molar-refractivity contribution in [1.82, 2.24) is 0 Å². The SMILES string of the molecule is CCCCCCCCCCCCOCCOCCOCCOCCOc1cc(C)cc(OCCOCCOCCOCCOCCCCCCCCCCCC)c1. The molecule has 0 bridgehead atoms. The Morgan fingerprint density at radius 2 is 0.491 bits per heavy atom. The summed E-state index contributed by atoms with van der Waals surface area (Å²) in [6, 6.07) is 5.87. The molecule has 0 aromatic heterocycles. The fourth-order valence-electron chi connectivity index (χ4n) is 6.22. The van der Waals surface area contributed by atoms with E-state index in [1.807, 2.05) is 25.1 Å². The highest BCUT2D eigenvalue weighted by Gasteiger charge is 2.03. The molecule has 0 heterocycles. The summed E-state index contributed by atoms with van der Waals surface area (Å²) in [6.07, 6.45) is 26.8. The first-order chi connectivity index (χ1) is 28.3. The van der Waals surface area contributed by atoms with Crippen molar-refractivity contribution in [2.45, 2.75) is 149 Å². The van der Waals surface area contributed by atoms with Gasteiger partial charge in [0.2, 0.25) is 0 Å². The summed E-state index contributed by atoms with van der Waals surface area (Å²) < 4.78 is 56.8. The van der Waals surface area contributed by atoms with Gasteiger partial charge in [-0.15, -0.1) is 0 Å². The summed E-state index contributed by atoms with van der Waals surface area (Å²) in [4.78, 5) is 0. The summed E-state index contributed by atoms with van der Waals surface area (Å²) in [6.45, 7) is 16.9. The first kappa shape index (κ1) is 53.5. The maximum absolute atomic E-state index is 5.88. The molecule has 0 saturated carbocycles. The van der Waals surface area contributed by atoms with Gasteiger partial charge in [-0.3, -0.25) is 0 Å². The van der Waals surface area contributed by atoms with Gasteiger partial charge in [0.25, 0.3) is 0 Å². The molecule has 57 heavy (non-hydrogen) atoms. The van der Waals surface area contributed by atoms with Gasteiger partial charge in [-0.2, -0.15) is 0 Å². The van der Waals surface area contributed by atoms with Gasteiger partial charge in [0.05, 0.1) is 92.5 Å². The number of hydrogen-bond acceptors (Lipinski definition) is 10. The number of unbranched alkanes of at least 4 members (excludes halogenated alkanes) is 18. The molecule has 0 unspecified atom stereocenters. The van der Waals surface area contributed by atoms with Crippen LogP contribution in [0.1, 0.15) is 148 Å². The van der Waals surface area contributed by atoms with Crippen molar-refractivity contribution < 1.29 is 47.4 Å². The lowest BCUT2D eigenvalue weighted by Crippen LogP contribution is -2.14. The number of rotatable bonds is 48. The molecule has 10 nitrogen and oxygen atoms in total. The minimum absolute atomic E-state index is 0.451. The molecular weight excluding hydrogens is 725 g/mol. The van der Waals surface area contributed by atoms with E-state index in [2.05, 4.69) is 13.8 Å². The van der Waals surface area contributed by atoms with E-state index in [1.54, 1.807) is 0 Å². The fraction of sp³-hybridized carbons (Fsp3) is 0.872. The highest BCUT2D eigenvalue weighted by Crippen LogP contribution is 2.22. The Bertz CT molecular complexity index is 852. The molecule has 1 rings (SSSR count). The van der Waals surface area contributed by atoms with Crippen molar-refractivity contribution in [2.75, 3.05) is 119 Å². The van der Waals surface area contributed by atoms with E-state index in [0.717, 1.165) is 43.1 Å². The van der Waals surface area contributed by atoms with Gasteiger partial charge in [-0.05, 0) is 37.5 Å². The Labute approximate surface area is 350 Å². The lowest BCUT2D eigenvalue weighted by molar-refractivity contribution is -0.00508. The standard InChI is InChI=1S/C47H88O10/c1-4-6-8-10-12-14-16-18-20-22-24-48-26-28-50-30-32-52-34-36-54-38-40-56-46-42-45(3)43-47(44-46)57-41-39-55-37-35-53-33-31-51-29-27-49-25-23-21-19-17-15-13-11-9-7-5-2/h42-44H,4-41H2,1-3H3. The topological polar surface area (TPSA) is 92.3 Å². The second-order valence-electron chi connectivity index (χ2n) is 14.9. The van der Waals surface area contributed by atoms with Crippen LogP contribution in [0.15, 0.2) is 18.2 Å². The van der Waals surface area contributed by atoms with Crippen molar-refractivity contribution in [3.05, 3.63) is 23.8 Å². The Balaban J connectivity index is 1.82. The summed E-state index contributed by atoms with van der Waals surface area (Å²) >= 11 is 0. The zero-order chi connectivity index (χ0) is 40.8. The average Bonchev–Trinajstić information content (AvgIpc) is 3.21. The van der Waals surface area contributed by atoms with Crippen LogP contribution in [0.3, 0.4) is 0 Å². The van der Waals surface area contributed by atoms with Crippen molar-refractivity contribution >= 4 is 0 Å². The normalized spacial score (nSPS) is 11.5. The third-order valence-corrected chi connectivity index (χ3v) is 9.53. The molecule has 0 N–H and O–H groups in total.